The van der Waals surface area contributed by atoms with Gasteiger partial charge >= 0.3 is 0 Å². The van der Waals surface area contributed by atoms with Crippen molar-refractivity contribution in [1.82, 2.24) is 14.9 Å². The molecular formula is C23H18FN3S2. The average Bonchev–Trinajstić information content (AvgIpc) is 3.41. The number of fused-ring (bicyclic) bond motifs is 1. The molecule has 1 aliphatic heterocycles. The van der Waals surface area contributed by atoms with Gasteiger partial charge in [0.05, 0.1) is 28.0 Å². The smallest absolute Gasteiger partial charge is 0.126 e. The highest BCUT2D eigenvalue weighted by Gasteiger charge is 2.21. The molecule has 0 saturated carbocycles. The van der Waals surface area contributed by atoms with Gasteiger partial charge in [0, 0.05) is 23.7 Å². The molecule has 6 heteroatoms. The summed E-state index contributed by atoms with van der Waals surface area (Å²) in [4.78, 5) is 11.2. The van der Waals surface area contributed by atoms with Crippen molar-refractivity contribution in [2.75, 3.05) is 6.54 Å². The van der Waals surface area contributed by atoms with Gasteiger partial charge in [-0.05, 0) is 53.9 Å². The maximum Gasteiger partial charge on any atom is 0.126 e. The first-order valence-corrected chi connectivity index (χ1v) is 11.1. The summed E-state index contributed by atoms with van der Waals surface area (Å²) in [6.07, 6.45) is 6.19. The van der Waals surface area contributed by atoms with E-state index >= 15 is 0 Å². The Hall–Kier alpha value is -2.83. The summed E-state index contributed by atoms with van der Waals surface area (Å²) >= 11 is 3.30. The Bertz CT molecular complexity index is 1240. The van der Waals surface area contributed by atoms with E-state index in [4.69, 9.17) is 0 Å². The third-order valence-electron chi connectivity index (χ3n) is 5.06. The van der Waals surface area contributed by atoms with Gasteiger partial charge in [-0.3, -0.25) is 0 Å². The van der Waals surface area contributed by atoms with Gasteiger partial charge in [0.1, 0.15) is 10.8 Å². The normalized spacial score (nSPS) is 14.2. The number of aryl methyl sites for hydroxylation is 1. The molecule has 0 N–H and O–H groups in total. The molecule has 4 aromatic rings. The van der Waals surface area contributed by atoms with Crippen LogP contribution in [0.15, 0.2) is 65.6 Å². The molecule has 0 atom stereocenters. The monoisotopic (exact) mass is 419 g/mol. The molecule has 3 heterocycles. The van der Waals surface area contributed by atoms with Crippen LogP contribution in [0.4, 0.5) is 4.39 Å². The van der Waals surface area contributed by atoms with Gasteiger partial charge < -0.3 is 4.90 Å². The van der Waals surface area contributed by atoms with Crippen LogP contribution in [0.5, 0.6) is 0 Å². The van der Waals surface area contributed by atoms with E-state index in [0.717, 1.165) is 50.7 Å². The number of thiazole rings is 2. The molecule has 0 fully saturated rings. The second-order valence-electron chi connectivity index (χ2n) is 6.97. The third kappa shape index (κ3) is 3.50. The molecule has 0 amide bonds. The van der Waals surface area contributed by atoms with Gasteiger partial charge in [0.2, 0.25) is 0 Å². The summed E-state index contributed by atoms with van der Waals surface area (Å²) in [6, 6.07) is 11.7. The minimum absolute atomic E-state index is 0.181. The molecule has 144 valence electrons. The predicted octanol–water partition coefficient (Wildman–Crippen LogP) is 6.14. The summed E-state index contributed by atoms with van der Waals surface area (Å²) in [5.74, 6) is -0.181. The van der Waals surface area contributed by atoms with Crippen molar-refractivity contribution in [2.24, 2.45) is 0 Å². The van der Waals surface area contributed by atoms with Gasteiger partial charge in [0.25, 0.3) is 0 Å². The van der Waals surface area contributed by atoms with Crippen LogP contribution in [0.25, 0.3) is 21.5 Å². The third-order valence-corrected chi connectivity index (χ3v) is 6.62. The Balaban J connectivity index is 1.69. The van der Waals surface area contributed by atoms with E-state index in [1.54, 1.807) is 28.7 Å². The zero-order valence-corrected chi connectivity index (χ0v) is 17.4. The quantitative estimate of drug-likeness (QED) is 0.398. The molecule has 29 heavy (non-hydrogen) atoms. The highest BCUT2D eigenvalue weighted by atomic mass is 32.1. The van der Waals surface area contributed by atoms with Gasteiger partial charge in [-0.25, -0.2) is 14.4 Å². The number of rotatable bonds is 4. The van der Waals surface area contributed by atoms with Crippen LogP contribution in [-0.2, 0) is 6.54 Å². The van der Waals surface area contributed by atoms with E-state index in [0.29, 0.717) is 5.56 Å². The first-order valence-electron chi connectivity index (χ1n) is 9.33. The van der Waals surface area contributed by atoms with Crippen molar-refractivity contribution in [3.63, 3.8) is 0 Å². The Kier molecular flexibility index (Phi) is 4.73. The van der Waals surface area contributed by atoms with E-state index < -0.39 is 0 Å². The Morgan fingerprint density at radius 2 is 1.97 bits per heavy atom. The number of aromatic nitrogens is 2. The van der Waals surface area contributed by atoms with Crippen LogP contribution in [0.3, 0.4) is 0 Å². The van der Waals surface area contributed by atoms with Crippen molar-refractivity contribution in [2.45, 2.75) is 13.5 Å². The maximum absolute atomic E-state index is 14.0. The Morgan fingerprint density at radius 1 is 1.07 bits per heavy atom. The second kappa shape index (κ2) is 7.54. The van der Waals surface area contributed by atoms with Crippen LogP contribution in [0.2, 0.25) is 0 Å². The lowest BCUT2D eigenvalue weighted by Gasteiger charge is -2.31. The fourth-order valence-corrected chi connectivity index (χ4v) is 5.01. The lowest BCUT2D eigenvalue weighted by molar-refractivity contribution is 0.429. The molecule has 2 aromatic carbocycles. The average molecular weight is 420 g/mol. The van der Waals surface area contributed by atoms with Crippen molar-refractivity contribution in [3.05, 3.63) is 93.2 Å². The first-order chi connectivity index (χ1) is 14.2. The number of nitrogens with zero attached hydrogens (tertiary/aromatic N) is 3. The zero-order chi connectivity index (χ0) is 19.8. The number of halogens is 1. The predicted molar refractivity (Wildman–Crippen MR) is 119 cm³/mol. The molecule has 5 rings (SSSR count). The van der Waals surface area contributed by atoms with E-state index in [2.05, 4.69) is 45.2 Å². The standard InChI is InChI=1S/C23H18FN3S2/c1-15-11-17(4-6-19(15)24)23-18(16-5-7-20-21(12-16)29-14-26-20)3-2-9-27(23)13-22-25-8-10-28-22/h2-8,10-12,14H,9,13H2,1H3. The van der Waals surface area contributed by atoms with E-state index in [-0.39, 0.29) is 5.82 Å². The minimum atomic E-state index is -0.181. The number of hydrogen-bond acceptors (Lipinski definition) is 5. The van der Waals surface area contributed by atoms with E-state index in [9.17, 15) is 4.39 Å². The minimum Gasteiger partial charge on any atom is -0.360 e. The summed E-state index contributed by atoms with van der Waals surface area (Å²) < 4.78 is 15.1. The first kappa shape index (κ1) is 18.2. The molecule has 0 saturated heterocycles. The fraction of sp³-hybridized carbons (Fsp3) is 0.130. The van der Waals surface area contributed by atoms with Gasteiger partial charge in [-0.2, -0.15) is 0 Å². The van der Waals surface area contributed by atoms with Crippen molar-refractivity contribution in [3.8, 4) is 0 Å². The lowest BCUT2D eigenvalue weighted by Crippen LogP contribution is -2.25. The molecule has 1 aliphatic rings. The van der Waals surface area contributed by atoms with Crippen LogP contribution in [-0.4, -0.2) is 21.4 Å². The molecule has 0 unspecified atom stereocenters. The van der Waals surface area contributed by atoms with Crippen LogP contribution < -0.4 is 0 Å². The topological polar surface area (TPSA) is 29.0 Å². The number of benzene rings is 2. The SMILES string of the molecule is Cc1cc(C2=C(c3ccc4ncsc4c3)C=CCN2Cc2nccs2)ccc1F. The summed E-state index contributed by atoms with van der Waals surface area (Å²) in [6.45, 7) is 3.32. The molecule has 0 aliphatic carbocycles. The van der Waals surface area contributed by atoms with Gasteiger partial charge in [0.15, 0.2) is 0 Å². The zero-order valence-electron chi connectivity index (χ0n) is 15.8. The van der Waals surface area contributed by atoms with E-state index in [1.165, 1.54) is 0 Å². The van der Waals surface area contributed by atoms with Crippen molar-refractivity contribution < 1.29 is 4.39 Å². The fourth-order valence-electron chi connectivity index (χ4n) is 3.66. The molecule has 2 aromatic heterocycles. The highest BCUT2D eigenvalue weighted by molar-refractivity contribution is 7.16. The van der Waals surface area contributed by atoms with Crippen molar-refractivity contribution >= 4 is 44.2 Å². The lowest BCUT2D eigenvalue weighted by atomic mass is 9.94. The second-order valence-corrected chi connectivity index (χ2v) is 8.84. The van der Waals surface area contributed by atoms with E-state index in [1.807, 2.05) is 36.1 Å². The molecular weight excluding hydrogens is 401 g/mol. The van der Waals surface area contributed by atoms with Gasteiger partial charge in [-0.15, -0.1) is 22.7 Å². The van der Waals surface area contributed by atoms with Crippen LogP contribution in [0.1, 0.15) is 21.7 Å². The van der Waals surface area contributed by atoms with Gasteiger partial charge in [-0.1, -0.05) is 18.2 Å². The maximum atomic E-state index is 14.0. The van der Waals surface area contributed by atoms with Crippen LogP contribution in [0, 0.1) is 12.7 Å². The summed E-state index contributed by atoms with van der Waals surface area (Å²) in [7, 11) is 0. The Labute approximate surface area is 176 Å². The molecule has 0 radical (unpaired) electrons. The molecule has 0 bridgehead atoms. The number of allylic oxidation sites excluding steroid dienone is 2. The molecule has 3 nitrogen and oxygen atoms in total. The van der Waals surface area contributed by atoms with Crippen molar-refractivity contribution in [1.29, 1.82) is 0 Å². The van der Waals surface area contributed by atoms with Crippen LogP contribution >= 0.6 is 22.7 Å². The highest BCUT2D eigenvalue weighted by Crippen LogP contribution is 2.36. The largest absolute Gasteiger partial charge is 0.360 e. The summed E-state index contributed by atoms with van der Waals surface area (Å²) in [5.41, 5.74) is 7.93. The number of hydrogen-bond donors (Lipinski definition) is 0. The molecule has 0 spiro atoms. The Morgan fingerprint density at radius 3 is 2.79 bits per heavy atom. The summed E-state index contributed by atoms with van der Waals surface area (Å²) in [5, 5.41) is 3.06.